The Hall–Kier alpha value is -0.239. The zero-order valence-electron chi connectivity index (χ0n) is 24.0. The van der Waals surface area contributed by atoms with Crippen LogP contribution in [0, 0.1) is 74.8 Å². The van der Waals surface area contributed by atoms with E-state index in [0.717, 1.165) is 19.3 Å². The van der Waals surface area contributed by atoms with Gasteiger partial charge in [0, 0.05) is 60.1 Å². The molecule has 7 heteroatoms. The third-order valence-electron chi connectivity index (χ3n) is 4.45. The molecule has 0 aliphatic rings. The summed E-state index contributed by atoms with van der Waals surface area (Å²) in [6.45, 7) is 25.1. The summed E-state index contributed by atoms with van der Waals surface area (Å²) in [6, 6.07) is 0. The molecule has 0 rings (SSSR count). The van der Waals surface area contributed by atoms with E-state index in [0.29, 0.717) is 0 Å². The maximum absolute atomic E-state index is 10.3. The fraction of sp³-hybridized carbons (Fsp3) is 0.889. The van der Waals surface area contributed by atoms with Crippen molar-refractivity contribution in [3.8, 4) is 0 Å². The van der Waals surface area contributed by atoms with Crippen molar-refractivity contribution in [3.63, 3.8) is 0 Å². The van der Waals surface area contributed by atoms with Crippen LogP contribution in [0.5, 0.6) is 0 Å². The van der Waals surface area contributed by atoms with E-state index in [1.807, 2.05) is 20.8 Å². The van der Waals surface area contributed by atoms with Gasteiger partial charge in [-0.1, -0.05) is 83.1 Å². The number of aliphatic carboxylic acids is 3. The van der Waals surface area contributed by atoms with E-state index in [-0.39, 0.29) is 94.1 Å². The normalized spacial score (nSPS) is 14.1. The molecule has 0 fully saturated rings. The zero-order valence-corrected chi connectivity index (χ0v) is 27.2. The van der Waals surface area contributed by atoms with Crippen molar-refractivity contribution in [1.29, 1.82) is 0 Å². The van der Waals surface area contributed by atoms with Gasteiger partial charge in [0.15, 0.2) is 0 Å². The van der Waals surface area contributed by atoms with E-state index in [2.05, 4.69) is 62.3 Å². The van der Waals surface area contributed by atoms with E-state index in [1.165, 1.54) is 0 Å². The molecule has 3 unspecified atom stereocenters. The standard InChI is InChI=1S/3C9H18O2.Nd/c3*1-7(5-8(10)11)6-9(2,3)4;/h3*7H,5-6H2,1-4H3,(H,10,11);. The zero-order chi connectivity index (χ0) is 27.2. The van der Waals surface area contributed by atoms with Gasteiger partial charge in [-0.25, -0.2) is 0 Å². The number of hydrogen-bond acceptors (Lipinski definition) is 3. The van der Waals surface area contributed by atoms with Crippen molar-refractivity contribution in [2.45, 2.75) is 122 Å². The second-order valence-corrected chi connectivity index (χ2v) is 13.4. The van der Waals surface area contributed by atoms with Crippen LogP contribution >= 0.6 is 0 Å². The van der Waals surface area contributed by atoms with Crippen molar-refractivity contribution < 1.29 is 70.5 Å². The number of carbonyl (C=O) groups is 3. The molecule has 3 N–H and O–H groups in total. The summed E-state index contributed by atoms with van der Waals surface area (Å²) in [7, 11) is 0. The quantitative estimate of drug-likeness (QED) is 0.245. The van der Waals surface area contributed by atoms with Gasteiger partial charge < -0.3 is 15.3 Å². The van der Waals surface area contributed by atoms with E-state index < -0.39 is 17.9 Å². The maximum Gasteiger partial charge on any atom is 0.303 e. The summed E-state index contributed by atoms with van der Waals surface area (Å²) in [4.78, 5) is 30.9. The minimum atomic E-state index is -0.693. The van der Waals surface area contributed by atoms with Crippen LogP contribution in [0.1, 0.15) is 122 Å². The fourth-order valence-corrected chi connectivity index (χ4v) is 4.25. The Balaban J connectivity index is -0.000000196. The van der Waals surface area contributed by atoms with Crippen LogP contribution in [0.4, 0.5) is 0 Å². The molecule has 0 radical (unpaired) electrons. The SMILES string of the molecule is CC(CC(=O)O)CC(C)(C)C.CC(CC(=O)O)CC(C)(C)C.CC(CC(=O)O)CC(C)(C)C.[Nd]. The first-order valence-electron chi connectivity index (χ1n) is 12.1. The Morgan fingerprint density at radius 2 is 0.647 bits per heavy atom. The van der Waals surface area contributed by atoms with Gasteiger partial charge in [0.05, 0.1) is 0 Å². The van der Waals surface area contributed by atoms with Crippen LogP contribution in [0.2, 0.25) is 0 Å². The summed E-state index contributed by atoms with van der Waals surface area (Å²) in [5.41, 5.74) is 0.735. The minimum absolute atomic E-state index is 0. The van der Waals surface area contributed by atoms with Crippen LogP contribution in [-0.2, 0) is 14.4 Å². The van der Waals surface area contributed by atoms with Gasteiger partial charge in [0.25, 0.3) is 0 Å². The summed E-state index contributed by atoms with van der Waals surface area (Å²) >= 11 is 0. The topological polar surface area (TPSA) is 112 Å². The van der Waals surface area contributed by atoms with Crippen LogP contribution < -0.4 is 0 Å². The number of rotatable bonds is 9. The molecule has 3 atom stereocenters. The van der Waals surface area contributed by atoms with Crippen molar-refractivity contribution in [2.75, 3.05) is 0 Å². The molecule has 0 aromatic rings. The van der Waals surface area contributed by atoms with E-state index >= 15 is 0 Å². The van der Waals surface area contributed by atoms with Crippen LogP contribution in [0.25, 0.3) is 0 Å². The molecular weight excluding hydrogens is 565 g/mol. The largest absolute Gasteiger partial charge is 0.481 e. The molecule has 0 aromatic heterocycles. The summed E-state index contributed by atoms with van der Waals surface area (Å²) in [5, 5.41) is 25.4. The Bertz CT molecular complexity index is 486. The van der Waals surface area contributed by atoms with Gasteiger partial charge in [-0.05, 0) is 53.3 Å². The second kappa shape index (κ2) is 18.9. The first-order valence-corrected chi connectivity index (χ1v) is 12.1. The van der Waals surface area contributed by atoms with Crippen molar-refractivity contribution >= 4 is 17.9 Å². The van der Waals surface area contributed by atoms with Crippen LogP contribution in [0.3, 0.4) is 0 Å². The molecule has 0 saturated heterocycles. The van der Waals surface area contributed by atoms with Crippen LogP contribution in [0.15, 0.2) is 0 Å². The predicted octanol–water partition coefficient (Wildman–Crippen LogP) is 7.60. The Kier molecular flexibility index (Phi) is 22.8. The average molecular weight is 619 g/mol. The number of carboxylic acids is 3. The van der Waals surface area contributed by atoms with Crippen molar-refractivity contribution in [2.24, 2.45) is 34.0 Å². The van der Waals surface area contributed by atoms with Gasteiger partial charge in [-0.2, -0.15) is 0 Å². The van der Waals surface area contributed by atoms with E-state index in [1.54, 1.807) is 0 Å². The van der Waals surface area contributed by atoms with E-state index in [4.69, 9.17) is 15.3 Å². The van der Waals surface area contributed by atoms with Gasteiger partial charge in [0.1, 0.15) is 0 Å². The van der Waals surface area contributed by atoms with Gasteiger partial charge in [-0.15, -0.1) is 0 Å². The molecule has 0 bridgehead atoms. The molecule has 0 aliphatic carbocycles. The average Bonchev–Trinajstić information content (AvgIpc) is 2.38. The third-order valence-corrected chi connectivity index (χ3v) is 4.45. The Morgan fingerprint density at radius 1 is 0.500 bits per heavy atom. The summed E-state index contributed by atoms with van der Waals surface area (Å²) < 4.78 is 0. The Labute approximate surface area is 242 Å². The first kappa shape index (κ1) is 40.9. The van der Waals surface area contributed by atoms with Gasteiger partial charge >= 0.3 is 17.9 Å². The molecular formula is C27H54NdO6. The Morgan fingerprint density at radius 3 is 0.735 bits per heavy atom. The first-order chi connectivity index (χ1) is 14.4. The summed E-state index contributed by atoms with van der Waals surface area (Å²) in [6.07, 6.45) is 3.78. The third kappa shape index (κ3) is 42.0. The molecule has 34 heavy (non-hydrogen) atoms. The fourth-order valence-electron chi connectivity index (χ4n) is 4.25. The smallest absolute Gasteiger partial charge is 0.303 e. The van der Waals surface area contributed by atoms with Gasteiger partial charge in [-0.3, -0.25) is 14.4 Å². The van der Waals surface area contributed by atoms with Crippen LogP contribution in [-0.4, -0.2) is 33.2 Å². The number of hydrogen-bond donors (Lipinski definition) is 3. The molecule has 0 aromatic carbocycles. The molecule has 0 saturated carbocycles. The maximum atomic E-state index is 10.3. The monoisotopic (exact) mass is 616 g/mol. The molecule has 0 spiro atoms. The predicted molar refractivity (Wildman–Crippen MR) is 136 cm³/mol. The molecule has 0 heterocycles. The summed E-state index contributed by atoms with van der Waals surface area (Å²) in [5.74, 6) is -1.22. The molecule has 6 nitrogen and oxygen atoms in total. The number of carboxylic acid groups (broad SMARTS) is 3. The molecule has 202 valence electrons. The van der Waals surface area contributed by atoms with Crippen molar-refractivity contribution in [1.82, 2.24) is 0 Å². The van der Waals surface area contributed by atoms with Crippen molar-refractivity contribution in [3.05, 3.63) is 0 Å². The minimum Gasteiger partial charge on any atom is -0.481 e. The second-order valence-electron chi connectivity index (χ2n) is 13.4. The molecule has 0 aliphatic heterocycles. The van der Waals surface area contributed by atoms with E-state index in [9.17, 15) is 14.4 Å². The van der Waals surface area contributed by atoms with Gasteiger partial charge in [0.2, 0.25) is 0 Å². The molecule has 0 amide bonds.